The first-order valence-electron chi connectivity index (χ1n) is 9.17. The molecule has 0 radical (unpaired) electrons. The summed E-state index contributed by atoms with van der Waals surface area (Å²) in [6.45, 7) is 5.48. The van der Waals surface area contributed by atoms with Gasteiger partial charge >= 0.3 is 0 Å². The Balaban J connectivity index is 2.24. The Morgan fingerprint density at radius 3 is 2.14 bits per heavy atom. The first-order chi connectivity index (χ1) is 13.2. The number of methoxy groups -OCH3 is 1. The van der Waals surface area contributed by atoms with Crippen molar-refractivity contribution in [3.8, 4) is 5.75 Å². The lowest BCUT2D eigenvalue weighted by molar-refractivity contribution is -0.122. The molecule has 0 bridgehead atoms. The highest BCUT2D eigenvalue weighted by Gasteiger charge is 2.30. The Morgan fingerprint density at radius 1 is 1.11 bits per heavy atom. The highest BCUT2D eigenvalue weighted by molar-refractivity contribution is 7.92. The topological polar surface area (TPSA) is 75.7 Å². The van der Waals surface area contributed by atoms with E-state index in [1.54, 1.807) is 26.2 Å². The molecule has 0 aliphatic heterocycles. The van der Waals surface area contributed by atoms with Crippen molar-refractivity contribution in [3.05, 3.63) is 59.7 Å². The van der Waals surface area contributed by atoms with E-state index in [-0.39, 0.29) is 11.9 Å². The maximum atomic E-state index is 12.9. The van der Waals surface area contributed by atoms with Crippen LogP contribution in [0, 0.1) is 6.92 Å². The molecular formula is C21H28N2O4S. The number of anilines is 1. The van der Waals surface area contributed by atoms with Crippen LogP contribution in [0.15, 0.2) is 48.5 Å². The summed E-state index contributed by atoms with van der Waals surface area (Å²) in [5.41, 5.74) is 2.41. The molecule has 0 unspecified atom stereocenters. The second-order valence-corrected chi connectivity index (χ2v) is 8.67. The van der Waals surface area contributed by atoms with Crippen LogP contribution in [0.1, 0.15) is 37.4 Å². The summed E-state index contributed by atoms with van der Waals surface area (Å²) >= 11 is 0. The summed E-state index contributed by atoms with van der Waals surface area (Å²) in [5, 5.41) is 2.97. The van der Waals surface area contributed by atoms with Gasteiger partial charge in [-0.15, -0.1) is 0 Å². The molecule has 0 saturated carbocycles. The number of nitrogens with zero attached hydrogens (tertiary/aromatic N) is 1. The van der Waals surface area contributed by atoms with Crippen molar-refractivity contribution in [2.75, 3.05) is 17.7 Å². The number of hydrogen-bond donors (Lipinski definition) is 1. The summed E-state index contributed by atoms with van der Waals surface area (Å²) < 4.78 is 31.1. The number of amides is 1. The Hall–Kier alpha value is -2.54. The van der Waals surface area contributed by atoms with Crippen molar-refractivity contribution in [1.82, 2.24) is 5.32 Å². The molecule has 0 fully saturated rings. The van der Waals surface area contributed by atoms with Crippen LogP contribution in [0.5, 0.6) is 5.75 Å². The second kappa shape index (κ2) is 9.10. The van der Waals surface area contributed by atoms with Gasteiger partial charge in [0.25, 0.3) is 0 Å². The highest BCUT2D eigenvalue weighted by atomic mass is 32.2. The SMILES string of the molecule is CC[C@@H](NC(=O)[C@@H](C)N(c1ccc(C)cc1)S(C)(=O)=O)c1ccc(OC)cc1. The van der Waals surface area contributed by atoms with E-state index in [2.05, 4.69) is 5.32 Å². The minimum atomic E-state index is -3.64. The van der Waals surface area contributed by atoms with Crippen LogP contribution in [-0.2, 0) is 14.8 Å². The lowest BCUT2D eigenvalue weighted by atomic mass is 10.0. The zero-order valence-corrected chi connectivity index (χ0v) is 17.8. The molecule has 2 aromatic carbocycles. The van der Waals surface area contributed by atoms with Gasteiger partial charge in [0.15, 0.2) is 0 Å². The third-order valence-corrected chi connectivity index (χ3v) is 5.86. The van der Waals surface area contributed by atoms with Crippen LogP contribution in [0.25, 0.3) is 0 Å². The fourth-order valence-electron chi connectivity index (χ4n) is 3.05. The highest BCUT2D eigenvalue weighted by Crippen LogP contribution is 2.24. The third-order valence-electron chi connectivity index (χ3n) is 4.62. The Morgan fingerprint density at radius 2 is 1.68 bits per heavy atom. The van der Waals surface area contributed by atoms with Crippen LogP contribution in [-0.4, -0.2) is 33.7 Å². The van der Waals surface area contributed by atoms with E-state index in [4.69, 9.17) is 4.74 Å². The van der Waals surface area contributed by atoms with Gasteiger partial charge in [-0.25, -0.2) is 8.42 Å². The lowest BCUT2D eigenvalue weighted by Gasteiger charge is -2.30. The molecular weight excluding hydrogens is 376 g/mol. The third kappa shape index (κ3) is 5.25. The number of carbonyl (C=O) groups is 1. The van der Waals surface area contributed by atoms with Crippen molar-refractivity contribution in [2.24, 2.45) is 0 Å². The van der Waals surface area contributed by atoms with E-state index in [9.17, 15) is 13.2 Å². The Labute approximate surface area is 167 Å². The molecule has 2 atom stereocenters. The van der Waals surface area contributed by atoms with Gasteiger partial charge in [-0.05, 0) is 50.1 Å². The van der Waals surface area contributed by atoms with Crippen molar-refractivity contribution in [1.29, 1.82) is 0 Å². The Kier molecular flexibility index (Phi) is 7.07. The van der Waals surface area contributed by atoms with Gasteiger partial charge < -0.3 is 10.1 Å². The number of benzene rings is 2. The molecule has 152 valence electrons. The van der Waals surface area contributed by atoms with E-state index >= 15 is 0 Å². The summed E-state index contributed by atoms with van der Waals surface area (Å²) in [5.74, 6) is 0.384. The number of hydrogen-bond acceptors (Lipinski definition) is 4. The molecule has 0 saturated heterocycles. The van der Waals surface area contributed by atoms with Gasteiger partial charge in [0, 0.05) is 0 Å². The summed E-state index contributed by atoms with van der Waals surface area (Å²) in [6.07, 6.45) is 1.78. The van der Waals surface area contributed by atoms with E-state index in [0.717, 1.165) is 27.4 Å². The van der Waals surface area contributed by atoms with Gasteiger partial charge in [-0.1, -0.05) is 36.8 Å². The first kappa shape index (κ1) is 21.8. The predicted octanol–water partition coefficient (Wildman–Crippen LogP) is 3.43. The second-order valence-electron chi connectivity index (χ2n) is 6.81. The fourth-order valence-corrected chi connectivity index (χ4v) is 4.22. The van der Waals surface area contributed by atoms with Crippen LogP contribution in [0.2, 0.25) is 0 Å². The number of nitrogens with one attached hydrogen (secondary N) is 1. The normalized spacial score (nSPS) is 13.5. The van der Waals surface area contributed by atoms with E-state index in [1.165, 1.54) is 0 Å². The molecule has 0 spiro atoms. The van der Waals surface area contributed by atoms with Gasteiger partial charge in [-0.3, -0.25) is 9.10 Å². The molecule has 0 aliphatic rings. The van der Waals surface area contributed by atoms with Gasteiger partial charge in [0.05, 0.1) is 25.1 Å². The monoisotopic (exact) mass is 404 g/mol. The van der Waals surface area contributed by atoms with Crippen molar-refractivity contribution >= 4 is 21.6 Å². The zero-order valence-electron chi connectivity index (χ0n) is 17.0. The predicted molar refractivity (Wildman–Crippen MR) is 112 cm³/mol. The molecule has 0 aromatic heterocycles. The van der Waals surface area contributed by atoms with Crippen LogP contribution >= 0.6 is 0 Å². The number of ether oxygens (including phenoxy) is 1. The lowest BCUT2D eigenvalue weighted by Crippen LogP contribution is -2.48. The number of aryl methyl sites for hydroxylation is 1. The van der Waals surface area contributed by atoms with Gasteiger partial charge in [0.1, 0.15) is 11.8 Å². The minimum Gasteiger partial charge on any atom is -0.497 e. The smallest absolute Gasteiger partial charge is 0.244 e. The molecule has 7 heteroatoms. The van der Waals surface area contributed by atoms with Crippen LogP contribution < -0.4 is 14.4 Å². The molecule has 1 amide bonds. The van der Waals surface area contributed by atoms with Crippen LogP contribution in [0.3, 0.4) is 0 Å². The molecule has 28 heavy (non-hydrogen) atoms. The number of sulfonamides is 1. The minimum absolute atomic E-state index is 0.222. The average Bonchev–Trinajstić information content (AvgIpc) is 2.66. The number of rotatable bonds is 8. The van der Waals surface area contributed by atoms with Crippen molar-refractivity contribution < 1.29 is 17.9 Å². The quantitative estimate of drug-likeness (QED) is 0.731. The fraction of sp³-hybridized carbons (Fsp3) is 0.381. The van der Waals surface area contributed by atoms with Gasteiger partial charge in [0.2, 0.25) is 15.9 Å². The van der Waals surface area contributed by atoms with E-state index in [1.807, 2.05) is 50.2 Å². The molecule has 0 heterocycles. The maximum absolute atomic E-state index is 12.9. The van der Waals surface area contributed by atoms with Crippen LogP contribution in [0.4, 0.5) is 5.69 Å². The summed E-state index contributed by atoms with van der Waals surface area (Å²) in [4.78, 5) is 12.9. The van der Waals surface area contributed by atoms with Crippen molar-refractivity contribution in [2.45, 2.75) is 39.3 Å². The summed E-state index contributed by atoms with van der Waals surface area (Å²) in [6, 6.07) is 13.4. The first-order valence-corrected chi connectivity index (χ1v) is 11.0. The summed E-state index contributed by atoms with van der Waals surface area (Å²) in [7, 11) is -2.04. The molecule has 2 rings (SSSR count). The van der Waals surface area contributed by atoms with E-state index < -0.39 is 16.1 Å². The Bertz CT molecular complexity index is 893. The number of carbonyl (C=O) groups excluding carboxylic acids is 1. The zero-order chi connectivity index (χ0) is 20.9. The molecule has 0 aliphatic carbocycles. The standard InChI is InChI=1S/C21H28N2O4S/c1-6-20(17-9-13-19(27-4)14-10-17)22-21(24)16(3)23(28(5,25)26)18-11-7-15(2)8-12-18/h7-14,16,20H,6H2,1-5H3,(H,22,24)/t16-,20-/m1/s1. The molecule has 2 aromatic rings. The molecule has 6 nitrogen and oxygen atoms in total. The largest absolute Gasteiger partial charge is 0.497 e. The van der Waals surface area contributed by atoms with Gasteiger partial charge in [-0.2, -0.15) is 0 Å². The van der Waals surface area contributed by atoms with E-state index in [0.29, 0.717) is 12.1 Å². The maximum Gasteiger partial charge on any atom is 0.244 e. The van der Waals surface area contributed by atoms with Crippen molar-refractivity contribution in [3.63, 3.8) is 0 Å². The average molecular weight is 405 g/mol. The molecule has 1 N–H and O–H groups in total.